The summed E-state index contributed by atoms with van der Waals surface area (Å²) >= 11 is 0. The molecule has 0 bridgehead atoms. The van der Waals surface area contributed by atoms with E-state index in [1.54, 1.807) is 49.8 Å². The first kappa shape index (κ1) is 18.6. The van der Waals surface area contributed by atoms with Crippen LogP contribution in [0.2, 0.25) is 0 Å². The molecule has 0 saturated carbocycles. The van der Waals surface area contributed by atoms with Gasteiger partial charge in [0.2, 0.25) is 0 Å². The minimum atomic E-state index is -0.678. The van der Waals surface area contributed by atoms with E-state index in [4.69, 9.17) is 4.74 Å². The lowest BCUT2D eigenvalue weighted by Gasteiger charge is -2.24. The average molecular weight is 366 g/mol. The molecule has 1 fully saturated rings. The zero-order valence-corrected chi connectivity index (χ0v) is 15.6. The van der Waals surface area contributed by atoms with Gasteiger partial charge in [0.05, 0.1) is 18.7 Å². The van der Waals surface area contributed by atoms with Crippen LogP contribution >= 0.6 is 0 Å². The minimum Gasteiger partial charge on any atom is -0.507 e. The molecule has 140 valence electrons. The third-order valence-electron chi connectivity index (χ3n) is 4.67. The molecular weight excluding hydrogens is 344 g/mol. The van der Waals surface area contributed by atoms with E-state index in [1.807, 2.05) is 13.8 Å². The number of nitrogens with zero attached hydrogens (tertiary/aromatic N) is 2. The van der Waals surface area contributed by atoms with Crippen LogP contribution in [0.4, 0.5) is 0 Å². The first-order valence-corrected chi connectivity index (χ1v) is 8.83. The van der Waals surface area contributed by atoms with Gasteiger partial charge in [-0.2, -0.15) is 0 Å². The molecule has 27 heavy (non-hydrogen) atoms. The number of aromatic nitrogens is 1. The van der Waals surface area contributed by atoms with E-state index < -0.39 is 17.7 Å². The fourth-order valence-electron chi connectivity index (χ4n) is 3.42. The van der Waals surface area contributed by atoms with Gasteiger partial charge in [-0.1, -0.05) is 13.0 Å². The number of aliphatic hydroxyl groups excluding tert-OH is 1. The number of carbonyl (C=O) groups excluding carboxylic acids is 2. The van der Waals surface area contributed by atoms with Crippen LogP contribution in [-0.4, -0.2) is 40.3 Å². The van der Waals surface area contributed by atoms with Crippen LogP contribution in [0.1, 0.15) is 36.1 Å². The van der Waals surface area contributed by atoms with Gasteiger partial charge < -0.3 is 14.7 Å². The summed E-state index contributed by atoms with van der Waals surface area (Å²) in [6.07, 6.45) is 3.94. The number of carbonyl (C=O) groups is 2. The Hall–Kier alpha value is -3.15. The lowest BCUT2D eigenvalue weighted by Crippen LogP contribution is -2.30. The summed E-state index contributed by atoms with van der Waals surface area (Å²) in [6, 6.07) is 8.04. The number of ketones is 1. The number of benzene rings is 1. The molecule has 3 rings (SSSR count). The van der Waals surface area contributed by atoms with E-state index in [-0.39, 0.29) is 11.3 Å². The largest absolute Gasteiger partial charge is 0.507 e. The molecule has 1 amide bonds. The number of hydrogen-bond acceptors (Lipinski definition) is 5. The van der Waals surface area contributed by atoms with Crippen LogP contribution in [0, 0.1) is 6.92 Å². The number of Topliss-reactive ketones (excluding diaryl/α,β-unsaturated/α-hetero) is 1. The van der Waals surface area contributed by atoms with Crippen LogP contribution in [0.25, 0.3) is 5.76 Å². The normalized spacial score (nSPS) is 18.8. The van der Waals surface area contributed by atoms with Crippen molar-refractivity contribution in [1.82, 2.24) is 9.88 Å². The van der Waals surface area contributed by atoms with Crippen molar-refractivity contribution < 1.29 is 19.4 Å². The maximum absolute atomic E-state index is 12.7. The van der Waals surface area contributed by atoms with Gasteiger partial charge in [0.1, 0.15) is 11.5 Å². The molecule has 6 nitrogen and oxygen atoms in total. The molecule has 1 aromatic heterocycles. The quantitative estimate of drug-likeness (QED) is 0.499. The second-order valence-corrected chi connectivity index (χ2v) is 6.46. The zero-order chi connectivity index (χ0) is 19.6. The molecule has 0 radical (unpaired) electrons. The predicted octanol–water partition coefficient (Wildman–Crippen LogP) is 3.23. The highest BCUT2D eigenvalue weighted by Gasteiger charge is 2.45. The highest BCUT2D eigenvalue weighted by Crippen LogP contribution is 2.39. The molecule has 1 aliphatic heterocycles. The predicted molar refractivity (Wildman–Crippen MR) is 101 cm³/mol. The number of rotatable bonds is 5. The molecule has 2 heterocycles. The number of ether oxygens (including phenoxy) is 1. The Kier molecular flexibility index (Phi) is 5.26. The smallest absolute Gasteiger partial charge is 0.295 e. The molecule has 1 N–H and O–H groups in total. The van der Waals surface area contributed by atoms with Crippen molar-refractivity contribution in [2.24, 2.45) is 0 Å². The van der Waals surface area contributed by atoms with Crippen LogP contribution in [0.15, 0.2) is 48.3 Å². The summed E-state index contributed by atoms with van der Waals surface area (Å²) in [5, 5.41) is 10.9. The first-order valence-electron chi connectivity index (χ1n) is 8.83. The summed E-state index contributed by atoms with van der Waals surface area (Å²) in [5.74, 6) is -0.783. The Morgan fingerprint density at radius 1 is 1.30 bits per heavy atom. The molecule has 0 aliphatic carbocycles. The van der Waals surface area contributed by atoms with E-state index >= 15 is 0 Å². The lowest BCUT2D eigenvalue weighted by atomic mass is 9.95. The molecule has 1 aliphatic rings. The second kappa shape index (κ2) is 7.61. The zero-order valence-electron chi connectivity index (χ0n) is 15.6. The van der Waals surface area contributed by atoms with E-state index in [0.717, 1.165) is 5.56 Å². The number of likely N-dealkylation sites (tertiary alicyclic amines) is 1. The number of methoxy groups -OCH3 is 1. The first-order chi connectivity index (χ1) is 13.0. The fraction of sp³-hybridized carbons (Fsp3) is 0.286. The molecule has 1 atom stereocenters. The summed E-state index contributed by atoms with van der Waals surface area (Å²) in [6.45, 7) is 4.21. The van der Waals surface area contributed by atoms with Crippen molar-refractivity contribution in [3.8, 4) is 5.75 Å². The monoisotopic (exact) mass is 366 g/mol. The van der Waals surface area contributed by atoms with Crippen LogP contribution in [-0.2, 0) is 9.59 Å². The van der Waals surface area contributed by atoms with Gasteiger partial charge in [-0.3, -0.25) is 14.6 Å². The van der Waals surface area contributed by atoms with Gasteiger partial charge in [0, 0.05) is 24.5 Å². The molecule has 0 spiro atoms. The number of pyridine rings is 1. The number of hydrogen-bond donors (Lipinski definition) is 1. The topological polar surface area (TPSA) is 79.7 Å². The van der Waals surface area contributed by atoms with Gasteiger partial charge in [-0.15, -0.1) is 0 Å². The standard InChI is InChI=1S/C21H22N2O4/c1-4-10-23-18(15-6-5-9-22-12-15)17(20(25)21(23)26)19(24)14-7-8-16(27-3)13(2)11-14/h5-9,11-12,18,24H,4,10H2,1-3H3/b19-17-. The minimum absolute atomic E-state index is 0.0889. The third-order valence-corrected chi connectivity index (χ3v) is 4.67. The average Bonchev–Trinajstić information content (AvgIpc) is 2.93. The van der Waals surface area contributed by atoms with E-state index in [9.17, 15) is 14.7 Å². The van der Waals surface area contributed by atoms with Crippen molar-refractivity contribution in [2.75, 3.05) is 13.7 Å². The van der Waals surface area contributed by atoms with E-state index in [1.165, 1.54) is 4.90 Å². The van der Waals surface area contributed by atoms with Crippen molar-refractivity contribution in [3.63, 3.8) is 0 Å². The lowest BCUT2D eigenvalue weighted by molar-refractivity contribution is -0.139. The SMILES string of the molecule is CCCN1C(=O)C(=O)/C(=C(\O)c2ccc(OC)c(C)c2)C1c1cccnc1. The van der Waals surface area contributed by atoms with Crippen molar-refractivity contribution in [2.45, 2.75) is 26.3 Å². The molecule has 1 aromatic carbocycles. The van der Waals surface area contributed by atoms with Crippen LogP contribution in [0.3, 0.4) is 0 Å². The molecule has 2 aromatic rings. The van der Waals surface area contributed by atoms with Crippen molar-refractivity contribution in [1.29, 1.82) is 0 Å². The summed E-state index contributed by atoms with van der Waals surface area (Å²) in [5.41, 5.74) is 2.07. The number of amides is 1. The fourth-order valence-corrected chi connectivity index (χ4v) is 3.42. The number of aryl methyl sites for hydroxylation is 1. The van der Waals surface area contributed by atoms with Crippen molar-refractivity contribution >= 4 is 17.4 Å². The van der Waals surface area contributed by atoms with Gasteiger partial charge in [0.25, 0.3) is 11.7 Å². The highest BCUT2D eigenvalue weighted by molar-refractivity contribution is 6.46. The summed E-state index contributed by atoms with van der Waals surface area (Å²) < 4.78 is 5.25. The second-order valence-electron chi connectivity index (χ2n) is 6.46. The summed E-state index contributed by atoms with van der Waals surface area (Å²) in [7, 11) is 1.57. The van der Waals surface area contributed by atoms with Crippen LogP contribution in [0.5, 0.6) is 5.75 Å². The third kappa shape index (κ3) is 3.30. The maximum atomic E-state index is 12.7. The Morgan fingerprint density at radius 3 is 2.67 bits per heavy atom. The Balaban J connectivity index is 2.17. The molecule has 1 saturated heterocycles. The van der Waals surface area contributed by atoms with Crippen LogP contribution < -0.4 is 4.74 Å². The van der Waals surface area contributed by atoms with Gasteiger partial charge in [-0.25, -0.2) is 0 Å². The van der Waals surface area contributed by atoms with Gasteiger partial charge in [-0.05, 0) is 48.7 Å². The van der Waals surface area contributed by atoms with E-state index in [2.05, 4.69) is 4.98 Å². The Labute approximate surface area is 158 Å². The highest BCUT2D eigenvalue weighted by atomic mass is 16.5. The Bertz CT molecular complexity index is 906. The van der Waals surface area contributed by atoms with E-state index in [0.29, 0.717) is 29.8 Å². The number of aliphatic hydroxyl groups is 1. The van der Waals surface area contributed by atoms with Crippen molar-refractivity contribution in [3.05, 3.63) is 65.0 Å². The summed E-state index contributed by atoms with van der Waals surface area (Å²) in [4.78, 5) is 30.9. The molecule has 1 unspecified atom stereocenters. The Morgan fingerprint density at radius 2 is 2.07 bits per heavy atom. The van der Waals surface area contributed by atoms with Gasteiger partial charge >= 0.3 is 0 Å². The maximum Gasteiger partial charge on any atom is 0.295 e. The van der Waals surface area contributed by atoms with Gasteiger partial charge in [0.15, 0.2) is 0 Å². The molecular formula is C21H22N2O4. The molecule has 6 heteroatoms.